The van der Waals surface area contributed by atoms with Gasteiger partial charge in [0.1, 0.15) is 0 Å². The first-order chi connectivity index (χ1) is 11.3. The number of nitrogens with zero attached hydrogens (tertiary/aromatic N) is 4. The summed E-state index contributed by atoms with van der Waals surface area (Å²) in [6, 6.07) is 22.6. The van der Waals surface area contributed by atoms with Gasteiger partial charge in [0.25, 0.3) is 0 Å². The monoisotopic (exact) mass is 301 g/mol. The van der Waals surface area contributed by atoms with Gasteiger partial charge in [0, 0.05) is 5.56 Å². The molecule has 2 aromatic heterocycles. The van der Waals surface area contributed by atoms with E-state index in [0.717, 1.165) is 17.7 Å². The van der Waals surface area contributed by atoms with Crippen molar-refractivity contribution in [3.05, 3.63) is 77.9 Å². The summed E-state index contributed by atoms with van der Waals surface area (Å²) >= 11 is 0. The number of hydrogen-bond acceptors (Lipinski definition) is 4. The molecule has 0 bridgehead atoms. The number of rotatable bonds is 3. The SMILES string of the molecule is Nc1nnc2ccc(-c3ccc(Cc4ccccc4)cc3)nn12. The van der Waals surface area contributed by atoms with Crippen LogP contribution in [0.1, 0.15) is 11.1 Å². The molecule has 2 N–H and O–H groups in total. The van der Waals surface area contributed by atoms with Gasteiger partial charge in [-0.25, -0.2) is 0 Å². The Morgan fingerprint density at radius 1 is 0.783 bits per heavy atom. The summed E-state index contributed by atoms with van der Waals surface area (Å²) in [4.78, 5) is 0. The first-order valence-electron chi connectivity index (χ1n) is 7.41. The van der Waals surface area contributed by atoms with Crippen LogP contribution in [0.25, 0.3) is 16.9 Å². The molecular weight excluding hydrogens is 286 g/mol. The number of fused-ring (bicyclic) bond motifs is 1. The van der Waals surface area contributed by atoms with Crippen LogP contribution in [0.3, 0.4) is 0 Å². The van der Waals surface area contributed by atoms with Crippen LogP contribution < -0.4 is 5.73 Å². The lowest BCUT2D eigenvalue weighted by molar-refractivity contribution is 0.946. The molecule has 23 heavy (non-hydrogen) atoms. The predicted molar refractivity (Wildman–Crippen MR) is 89.9 cm³/mol. The third-order valence-corrected chi connectivity index (χ3v) is 3.79. The fourth-order valence-electron chi connectivity index (χ4n) is 2.58. The van der Waals surface area contributed by atoms with Crippen molar-refractivity contribution in [1.29, 1.82) is 0 Å². The van der Waals surface area contributed by atoms with E-state index in [4.69, 9.17) is 5.73 Å². The van der Waals surface area contributed by atoms with Crippen LogP contribution in [0.2, 0.25) is 0 Å². The van der Waals surface area contributed by atoms with Crippen molar-refractivity contribution < 1.29 is 0 Å². The Bertz CT molecular complexity index is 942. The first-order valence-corrected chi connectivity index (χ1v) is 7.41. The van der Waals surface area contributed by atoms with Crippen molar-refractivity contribution in [2.45, 2.75) is 6.42 Å². The van der Waals surface area contributed by atoms with Crippen molar-refractivity contribution in [1.82, 2.24) is 19.8 Å². The highest BCUT2D eigenvalue weighted by Crippen LogP contribution is 2.19. The summed E-state index contributed by atoms with van der Waals surface area (Å²) in [5, 5.41) is 12.2. The molecule has 5 nitrogen and oxygen atoms in total. The van der Waals surface area contributed by atoms with Gasteiger partial charge in [-0.2, -0.15) is 9.61 Å². The Balaban J connectivity index is 1.62. The van der Waals surface area contributed by atoms with E-state index < -0.39 is 0 Å². The number of anilines is 1. The molecule has 0 aliphatic rings. The fraction of sp³-hybridized carbons (Fsp3) is 0.0556. The number of aromatic nitrogens is 4. The molecule has 0 aliphatic carbocycles. The van der Waals surface area contributed by atoms with Gasteiger partial charge in [-0.05, 0) is 29.7 Å². The molecule has 0 fully saturated rings. The van der Waals surface area contributed by atoms with Crippen LogP contribution in [-0.2, 0) is 6.42 Å². The molecule has 5 heteroatoms. The second-order valence-electron chi connectivity index (χ2n) is 5.41. The average molecular weight is 301 g/mol. The normalized spacial score (nSPS) is 11.0. The predicted octanol–water partition coefficient (Wildman–Crippen LogP) is 2.96. The fourth-order valence-corrected chi connectivity index (χ4v) is 2.58. The van der Waals surface area contributed by atoms with E-state index in [-0.39, 0.29) is 0 Å². The van der Waals surface area contributed by atoms with E-state index in [0.29, 0.717) is 11.6 Å². The molecule has 4 rings (SSSR count). The molecule has 0 spiro atoms. The van der Waals surface area contributed by atoms with Crippen molar-refractivity contribution in [2.24, 2.45) is 0 Å². The zero-order valence-corrected chi connectivity index (χ0v) is 12.4. The summed E-state index contributed by atoms with van der Waals surface area (Å²) in [5.74, 6) is 0.294. The van der Waals surface area contributed by atoms with E-state index in [1.165, 1.54) is 11.1 Å². The third kappa shape index (κ3) is 2.64. The highest BCUT2D eigenvalue weighted by Gasteiger charge is 2.06. The molecule has 0 aliphatic heterocycles. The summed E-state index contributed by atoms with van der Waals surface area (Å²) < 4.78 is 1.55. The van der Waals surface area contributed by atoms with Crippen molar-refractivity contribution in [3.63, 3.8) is 0 Å². The maximum Gasteiger partial charge on any atom is 0.243 e. The highest BCUT2D eigenvalue weighted by molar-refractivity contribution is 5.61. The van der Waals surface area contributed by atoms with Gasteiger partial charge in [0.05, 0.1) is 5.69 Å². The summed E-state index contributed by atoms with van der Waals surface area (Å²) in [7, 11) is 0. The van der Waals surface area contributed by atoms with Gasteiger partial charge >= 0.3 is 0 Å². The quantitative estimate of drug-likeness (QED) is 0.631. The molecular formula is C18H15N5. The van der Waals surface area contributed by atoms with E-state index in [2.05, 4.69) is 63.8 Å². The van der Waals surface area contributed by atoms with Crippen LogP contribution in [0, 0.1) is 0 Å². The van der Waals surface area contributed by atoms with Gasteiger partial charge < -0.3 is 5.73 Å². The Morgan fingerprint density at radius 2 is 1.52 bits per heavy atom. The maximum atomic E-state index is 5.76. The van der Waals surface area contributed by atoms with Crippen LogP contribution >= 0.6 is 0 Å². The zero-order valence-electron chi connectivity index (χ0n) is 12.4. The number of benzene rings is 2. The Hall–Kier alpha value is -3.21. The summed E-state index contributed by atoms with van der Waals surface area (Å²) in [5.41, 5.74) is 10.9. The molecule has 112 valence electrons. The van der Waals surface area contributed by atoms with E-state index in [1.54, 1.807) is 4.52 Å². The van der Waals surface area contributed by atoms with E-state index in [9.17, 15) is 0 Å². The van der Waals surface area contributed by atoms with Gasteiger partial charge in [0.15, 0.2) is 5.65 Å². The van der Waals surface area contributed by atoms with Crippen LogP contribution in [0.15, 0.2) is 66.7 Å². The molecule has 0 saturated heterocycles. The Kier molecular flexibility index (Phi) is 3.24. The number of hydrogen-bond donors (Lipinski definition) is 1. The second-order valence-corrected chi connectivity index (χ2v) is 5.41. The molecule has 4 aromatic rings. The van der Waals surface area contributed by atoms with Gasteiger partial charge in [0.2, 0.25) is 5.95 Å². The third-order valence-electron chi connectivity index (χ3n) is 3.79. The lowest BCUT2D eigenvalue weighted by Gasteiger charge is -2.05. The Labute approximate surface area is 133 Å². The molecule has 2 aromatic carbocycles. The van der Waals surface area contributed by atoms with Crippen LogP contribution in [0.4, 0.5) is 5.95 Å². The van der Waals surface area contributed by atoms with Crippen LogP contribution in [-0.4, -0.2) is 19.8 Å². The number of nitrogens with two attached hydrogens (primary N) is 1. The average Bonchev–Trinajstić information content (AvgIpc) is 2.97. The highest BCUT2D eigenvalue weighted by atomic mass is 15.4. The Morgan fingerprint density at radius 3 is 2.30 bits per heavy atom. The van der Waals surface area contributed by atoms with Crippen molar-refractivity contribution in [3.8, 4) is 11.3 Å². The van der Waals surface area contributed by atoms with Gasteiger partial charge in [-0.3, -0.25) is 0 Å². The minimum absolute atomic E-state index is 0.294. The summed E-state index contributed by atoms with van der Waals surface area (Å²) in [6.07, 6.45) is 0.923. The second kappa shape index (κ2) is 5.53. The lowest BCUT2D eigenvalue weighted by Crippen LogP contribution is -1.99. The maximum absolute atomic E-state index is 5.76. The molecule has 0 radical (unpaired) electrons. The van der Waals surface area contributed by atoms with Crippen molar-refractivity contribution in [2.75, 3.05) is 5.73 Å². The molecule has 0 atom stereocenters. The van der Waals surface area contributed by atoms with Crippen LogP contribution in [0.5, 0.6) is 0 Å². The zero-order chi connectivity index (χ0) is 15.6. The van der Waals surface area contributed by atoms with E-state index >= 15 is 0 Å². The lowest BCUT2D eigenvalue weighted by atomic mass is 10.0. The first kappa shape index (κ1) is 13.5. The molecule has 0 unspecified atom stereocenters. The molecule has 0 saturated carbocycles. The van der Waals surface area contributed by atoms with Gasteiger partial charge in [-0.15, -0.1) is 10.2 Å². The molecule has 2 heterocycles. The van der Waals surface area contributed by atoms with Gasteiger partial charge in [-0.1, -0.05) is 54.6 Å². The van der Waals surface area contributed by atoms with Crippen molar-refractivity contribution >= 4 is 11.6 Å². The molecule has 0 amide bonds. The largest absolute Gasteiger partial charge is 0.366 e. The smallest absolute Gasteiger partial charge is 0.243 e. The topological polar surface area (TPSA) is 69.1 Å². The minimum Gasteiger partial charge on any atom is -0.366 e. The minimum atomic E-state index is 0.294. The van der Waals surface area contributed by atoms with E-state index in [1.807, 2.05) is 18.2 Å². The standard InChI is InChI=1S/C18H15N5/c19-18-21-20-17-11-10-16(22-23(17)18)15-8-6-14(7-9-15)12-13-4-2-1-3-5-13/h1-11H,12H2,(H2,19,21). The number of nitrogen functional groups attached to an aromatic ring is 1. The summed E-state index contributed by atoms with van der Waals surface area (Å²) in [6.45, 7) is 0.